The van der Waals surface area contributed by atoms with E-state index in [0.717, 1.165) is 16.7 Å². The summed E-state index contributed by atoms with van der Waals surface area (Å²) in [6.45, 7) is 5.52. The summed E-state index contributed by atoms with van der Waals surface area (Å²) >= 11 is 3.42. The number of hydrogen-bond acceptors (Lipinski definition) is 3. The van der Waals surface area contributed by atoms with Crippen molar-refractivity contribution in [1.29, 1.82) is 0 Å². The number of pyridine rings is 1. The minimum Gasteiger partial charge on any atom is -0.380 e. The maximum Gasteiger partial charge on any atom is 0.0720 e. The SMILES string of the molecule is CC(C)OCc1cccc(CNc2cncc(Br)c2)c1. The lowest BCUT2D eigenvalue weighted by atomic mass is 10.1. The lowest BCUT2D eigenvalue weighted by Crippen LogP contribution is -2.04. The van der Waals surface area contributed by atoms with Gasteiger partial charge in [0.05, 0.1) is 24.6 Å². The molecule has 0 spiro atoms. The van der Waals surface area contributed by atoms with Gasteiger partial charge in [-0.05, 0) is 47.0 Å². The van der Waals surface area contributed by atoms with E-state index in [0.29, 0.717) is 6.61 Å². The van der Waals surface area contributed by atoms with Crippen LogP contribution in [0.25, 0.3) is 0 Å². The Kier molecular flexibility index (Phi) is 5.56. The quantitative estimate of drug-likeness (QED) is 0.851. The predicted octanol–water partition coefficient (Wildman–Crippen LogP) is 4.38. The molecule has 0 aliphatic heterocycles. The summed E-state index contributed by atoms with van der Waals surface area (Å²) in [4.78, 5) is 4.13. The smallest absolute Gasteiger partial charge is 0.0720 e. The van der Waals surface area contributed by atoms with E-state index in [1.807, 2.05) is 26.1 Å². The zero-order valence-corrected chi connectivity index (χ0v) is 13.4. The molecule has 3 nitrogen and oxygen atoms in total. The van der Waals surface area contributed by atoms with Crippen LogP contribution in [0.3, 0.4) is 0 Å². The van der Waals surface area contributed by atoms with E-state index < -0.39 is 0 Å². The van der Waals surface area contributed by atoms with Crippen LogP contribution in [0.15, 0.2) is 47.2 Å². The first-order valence-corrected chi connectivity index (χ1v) is 7.46. The van der Waals surface area contributed by atoms with Crippen LogP contribution in [0.1, 0.15) is 25.0 Å². The molecule has 1 N–H and O–H groups in total. The van der Waals surface area contributed by atoms with Crippen molar-refractivity contribution in [2.45, 2.75) is 33.1 Å². The zero-order valence-electron chi connectivity index (χ0n) is 11.8. The number of anilines is 1. The fourth-order valence-corrected chi connectivity index (χ4v) is 2.17. The highest BCUT2D eigenvalue weighted by Crippen LogP contribution is 2.15. The van der Waals surface area contributed by atoms with Gasteiger partial charge in [-0.15, -0.1) is 0 Å². The predicted molar refractivity (Wildman–Crippen MR) is 85.6 cm³/mol. The second-order valence-corrected chi connectivity index (χ2v) is 5.84. The summed E-state index contributed by atoms with van der Waals surface area (Å²) in [6.07, 6.45) is 3.84. The molecule has 2 rings (SSSR count). The highest BCUT2D eigenvalue weighted by atomic mass is 79.9. The minimum absolute atomic E-state index is 0.254. The molecule has 0 saturated carbocycles. The van der Waals surface area contributed by atoms with Gasteiger partial charge in [0.2, 0.25) is 0 Å². The van der Waals surface area contributed by atoms with Gasteiger partial charge in [0, 0.05) is 17.2 Å². The Morgan fingerprint density at radius 3 is 2.75 bits per heavy atom. The molecule has 2 aromatic rings. The molecular weight excluding hydrogens is 316 g/mol. The molecule has 0 atom stereocenters. The first-order chi connectivity index (χ1) is 9.63. The van der Waals surface area contributed by atoms with Crippen molar-refractivity contribution in [2.24, 2.45) is 0 Å². The van der Waals surface area contributed by atoms with Crippen LogP contribution in [0, 0.1) is 0 Å². The summed E-state index contributed by atoms with van der Waals surface area (Å²) in [5.41, 5.74) is 3.43. The van der Waals surface area contributed by atoms with Gasteiger partial charge in [-0.2, -0.15) is 0 Å². The molecule has 0 radical (unpaired) electrons. The summed E-state index contributed by atoms with van der Waals surface area (Å²) in [6, 6.07) is 10.4. The van der Waals surface area contributed by atoms with E-state index in [2.05, 4.69) is 50.5 Å². The maximum atomic E-state index is 5.62. The van der Waals surface area contributed by atoms with Gasteiger partial charge in [-0.3, -0.25) is 4.98 Å². The number of aromatic nitrogens is 1. The van der Waals surface area contributed by atoms with Crippen LogP contribution in [0.5, 0.6) is 0 Å². The molecular formula is C16H19BrN2O. The van der Waals surface area contributed by atoms with E-state index in [1.54, 1.807) is 6.20 Å². The third kappa shape index (κ3) is 4.94. The van der Waals surface area contributed by atoms with Gasteiger partial charge in [0.15, 0.2) is 0 Å². The molecule has 1 aromatic heterocycles. The van der Waals surface area contributed by atoms with Gasteiger partial charge < -0.3 is 10.1 Å². The molecule has 1 aromatic carbocycles. The number of benzene rings is 1. The number of ether oxygens (including phenoxy) is 1. The maximum absolute atomic E-state index is 5.62. The molecule has 0 amide bonds. The van der Waals surface area contributed by atoms with E-state index >= 15 is 0 Å². The van der Waals surface area contributed by atoms with Crippen LogP contribution in [0.4, 0.5) is 5.69 Å². The first kappa shape index (κ1) is 15.0. The normalized spacial score (nSPS) is 10.8. The Morgan fingerprint density at radius 1 is 1.20 bits per heavy atom. The second kappa shape index (κ2) is 7.41. The standard InChI is InChI=1S/C16H19BrN2O/c1-12(2)20-11-14-5-3-4-13(6-14)8-19-16-7-15(17)9-18-10-16/h3-7,9-10,12,19H,8,11H2,1-2H3. The van der Waals surface area contributed by atoms with Gasteiger partial charge in [-0.25, -0.2) is 0 Å². The molecule has 0 fully saturated rings. The fraction of sp³-hybridized carbons (Fsp3) is 0.312. The largest absolute Gasteiger partial charge is 0.380 e. The van der Waals surface area contributed by atoms with E-state index in [-0.39, 0.29) is 6.10 Å². The van der Waals surface area contributed by atoms with Gasteiger partial charge in [0.1, 0.15) is 0 Å². The monoisotopic (exact) mass is 334 g/mol. The highest BCUT2D eigenvalue weighted by molar-refractivity contribution is 9.10. The van der Waals surface area contributed by atoms with Crippen molar-refractivity contribution in [3.05, 3.63) is 58.3 Å². The summed E-state index contributed by atoms with van der Waals surface area (Å²) in [7, 11) is 0. The lowest BCUT2D eigenvalue weighted by Gasteiger charge is -2.10. The van der Waals surface area contributed by atoms with Crippen molar-refractivity contribution in [2.75, 3.05) is 5.32 Å². The molecule has 0 saturated heterocycles. The number of halogens is 1. The van der Waals surface area contributed by atoms with Crippen molar-refractivity contribution in [3.63, 3.8) is 0 Å². The van der Waals surface area contributed by atoms with Crippen LogP contribution in [0.2, 0.25) is 0 Å². The van der Waals surface area contributed by atoms with Crippen molar-refractivity contribution >= 4 is 21.6 Å². The highest BCUT2D eigenvalue weighted by Gasteiger charge is 2.00. The fourth-order valence-electron chi connectivity index (χ4n) is 1.80. The van der Waals surface area contributed by atoms with E-state index in [9.17, 15) is 0 Å². The van der Waals surface area contributed by atoms with Crippen LogP contribution in [-0.2, 0) is 17.9 Å². The van der Waals surface area contributed by atoms with Crippen LogP contribution < -0.4 is 5.32 Å². The van der Waals surface area contributed by atoms with Crippen LogP contribution >= 0.6 is 15.9 Å². The van der Waals surface area contributed by atoms with Crippen molar-refractivity contribution in [3.8, 4) is 0 Å². The second-order valence-electron chi connectivity index (χ2n) is 4.93. The zero-order chi connectivity index (χ0) is 14.4. The Morgan fingerprint density at radius 2 is 2.00 bits per heavy atom. The molecule has 0 bridgehead atoms. The average molecular weight is 335 g/mol. The minimum atomic E-state index is 0.254. The molecule has 0 aliphatic carbocycles. The van der Waals surface area contributed by atoms with Crippen LogP contribution in [-0.4, -0.2) is 11.1 Å². The van der Waals surface area contributed by atoms with E-state index in [4.69, 9.17) is 4.74 Å². The Labute approximate surface area is 128 Å². The number of nitrogens with zero attached hydrogens (tertiary/aromatic N) is 1. The molecule has 4 heteroatoms. The average Bonchev–Trinajstić information content (AvgIpc) is 2.43. The molecule has 20 heavy (non-hydrogen) atoms. The number of rotatable bonds is 6. The van der Waals surface area contributed by atoms with E-state index in [1.165, 1.54) is 11.1 Å². The van der Waals surface area contributed by atoms with Gasteiger partial charge in [-0.1, -0.05) is 24.3 Å². The third-order valence-electron chi connectivity index (χ3n) is 2.78. The number of hydrogen-bond donors (Lipinski definition) is 1. The summed E-state index contributed by atoms with van der Waals surface area (Å²) < 4.78 is 6.60. The lowest BCUT2D eigenvalue weighted by molar-refractivity contribution is 0.0657. The summed E-state index contributed by atoms with van der Waals surface area (Å²) in [5, 5.41) is 3.36. The third-order valence-corrected chi connectivity index (χ3v) is 3.21. The Hall–Kier alpha value is -1.39. The molecule has 0 aliphatic rings. The first-order valence-electron chi connectivity index (χ1n) is 6.67. The summed E-state index contributed by atoms with van der Waals surface area (Å²) in [5.74, 6) is 0. The molecule has 106 valence electrons. The Balaban J connectivity index is 1.94. The van der Waals surface area contributed by atoms with Gasteiger partial charge >= 0.3 is 0 Å². The van der Waals surface area contributed by atoms with Crippen molar-refractivity contribution < 1.29 is 4.74 Å². The molecule has 0 unspecified atom stereocenters. The topological polar surface area (TPSA) is 34.1 Å². The van der Waals surface area contributed by atoms with Gasteiger partial charge in [0.25, 0.3) is 0 Å². The molecule has 1 heterocycles. The van der Waals surface area contributed by atoms with Crippen molar-refractivity contribution in [1.82, 2.24) is 4.98 Å². The number of nitrogens with one attached hydrogen (secondary N) is 1. The Bertz CT molecular complexity index is 558.